The number of hydrogen-bond donors (Lipinski definition) is 0. The number of rotatable bonds is 2. The Labute approximate surface area is 139 Å². The molecule has 118 valence electrons. The first-order chi connectivity index (χ1) is 10.6. The van der Waals surface area contributed by atoms with E-state index in [0.29, 0.717) is 23.9 Å². The molecule has 1 spiro atoms. The van der Waals surface area contributed by atoms with E-state index in [-0.39, 0.29) is 5.91 Å². The van der Waals surface area contributed by atoms with Crippen molar-refractivity contribution < 1.29 is 9.53 Å². The van der Waals surface area contributed by atoms with Crippen molar-refractivity contribution in [1.82, 2.24) is 4.90 Å². The van der Waals surface area contributed by atoms with Crippen molar-refractivity contribution in [2.24, 2.45) is 0 Å². The van der Waals surface area contributed by atoms with E-state index in [4.69, 9.17) is 16.3 Å². The van der Waals surface area contributed by atoms with Crippen molar-refractivity contribution in [1.29, 1.82) is 5.26 Å². The number of nitriles is 1. The van der Waals surface area contributed by atoms with Gasteiger partial charge >= 0.3 is 0 Å². The molecule has 2 aliphatic heterocycles. The van der Waals surface area contributed by atoms with Gasteiger partial charge in [-0.3, -0.25) is 4.79 Å². The van der Waals surface area contributed by atoms with Crippen LogP contribution in [-0.2, 0) is 16.0 Å². The zero-order chi connectivity index (χ0) is 15.6. The molecule has 2 aliphatic rings. The number of piperidine rings is 1. The monoisotopic (exact) mass is 338 g/mol. The quantitative estimate of drug-likeness (QED) is 0.830. The summed E-state index contributed by atoms with van der Waals surface area (Å²) in [6.07, 6.45) is 5.07. The number of ether oxygens (including phenoxy) is 1. The van der Waals surface area contributed by atoms with Crippen LogP contribution in [-0.4, -0.2) is 35.6 Å². The SMILES string of the molecule is N#C[C@H]1N(C(=O)Cc2ccc(Cl)s2)CCC[C@]12CCCCO2. The molecular formula is C16H19ClN2O2S. The van der Waals surface area contributed by atoms with Crippen molar-refractivity contribution in [2.45, 2.75) is 50.2 Å². The Morgan fingerprint density at radius 3 is 2.91 bits per heavy atom. The molecule has 4 nitrogen and oxygen atoms in total. The molecule has 1 aromatic heterocycles. The minimum absolute atomic E-state index is 0.00156. The van der Waals surface area contributed by atoms with Crippen molar-refractivity contribution in [3.05, 3.63) is 21.3 Å². The molecule has 0 aromatic carbocycles. The second-order valence-corrected chi connectivity index (χ2v) is 7.77. The predicted octanol–water partition coefficient (Wildman–Crippen LogP) is 3.40. The molecule has 3 rings (SSSR count). The summed E-state index contributed by atoms with van der Waals surface area (Å²) in [5.74, 6) is -0.00156. The van der Waals surface area contributed by atoms with E-state index < -0.39 is 11.6 Å². The smallest absolute Gasteiger partial charge is 0.228 e. The van der Waals surface area contributed by atoms with Gasteiger partial charge in [0.05, 0.1) is 16.8 Å². The lowest BCUT2D eigenvalue weighted by Crippen LogP contribution is -2.60. The maximum absolute atomic E-state index is 12.7. The zero-order valence-corrected chi connectivity index (χ0v) is 14.0. The van der Waals surface area contributed by atoms with E-state index in [2.05, 4.69) is 6.07 Å². The fourth-order valence-corrected chi connectivity index (χ4v) is 4.62. The molecule has 1 aromatic rings. The topological polar surface area (TPSA) is 53.3 Å². The van der Waals surface area contributed by atoms with Crippen LogP contribution in [0.1, 0.15) is 37.0 Å². The van der Waals surface area contributed by atoms with Crippen molar-refractivity contribution in [3.8, 4) is 6.07 Å². The first-order valence-electron chi connectivity index (χ1n) is 7.72. The molecule has 0 unspecified atom stereocenters. The summed E-state index contributed by atoms with van der Waals surface area (Å²) in [6, 6.07) is 5.56. The second kappa shape index (κ2) is 6.57. The van der Waals surface area contributed by atoms with E-state index >= 15 is 0 Å². The second-order valence-electron chi connectivity index (χ2n) is 5.98. The molecule has 1 amide bonds. The average Bonchev–Trinajstić information content (AvgIpc) is 2.93. The Hall–Kier alpha value is -1.09. The minimum atomic E-state index is -0.468. The molecule has 2 saturated heterocycles. The van der Waals surface area contributed by atoms with Gasteiger partial charge < -0.3 is 9.64 Å². The molecule has 0 aliphatic carbocycles. The van der Waals surface area contributed by atoms with Gasteiger partial charge in [-0.2, -0.15) is 5.26 Å². The van der Waals surface area contributed by atoms with Crippen LogP contribution in [0, 0.1) is 11.3 Å². The highest BCUT2D eigenvalue weighted by molar-refractivity contribution is 7.16. The van der Waals surface area contributed by atoms with Crippen molar-refractivity contribution in [2.75, 3.05) is 13.2 Å². The fourth-order valence-electron chi connectivity index (χ4n) is 3.54. The molecule has 0 radical (unpaired) electrons. The standard InChI is InChI=1S/C16H19ClN2O2S/c17-14-5-4-12(22-14)10-15(20)19-8-3-7-16(13(19)11-18)6-1-2-9-21-16/h4-5,13H,1-3,6-10H2/t13-,16-/m1/s1. The molecule has 22 heavy (non-hydrogen) atoms. The molecule has 0 N–H and O–H groups in total. The summed E-state index contributed by atoms with van der Waals surface area (Å²) in [5.41, 5.74) is -0.450. The van der Waals surface area contributed by atoms with Crippen molar-refractivity contribution in [3.63, 3.8) is 0 Å². The van der Waals surface area contributed by atoms with E-state index in [0.717, 1.165) is 37.0 Å². The summed E-state index contributed by atoms with van der Waals surface area (Å²) < 4.78 is 6.70. The van der Waals surface area contributed by atoms with Gasteiger partial charge in [0.1, 0.15) is 11.6 Å². The number of hydrogen-bond acceptors (Lipinski definition) is 4. The molecule has 0 bridgehead atoms. The predicted molar refractivity (Wildman–Crippen MR) is 85.9 cm³/mol. The van der Waals surface area contributed by atoms with Gasteiger partial charge in [-0.15, -0.1) is 11.3 Å². The Morgan fingerprint density at radius 1 is 1.45 bits per heavy atom. The summed E-state index contributed by atoms with van der Waals surface area (Å²) in [6.45, 7) is 1.34. The Morgan fingerprint density at radius 2 is 2.27 bits per heavy atom. The largest absolute Gasteiger partial charge is 0.372 e. The van der Waals surface area contributed by atoms with Crippen LogP contribution in [0.25, 0.3) is 0 Å². The first kappa shape index (κ1) is 15.8. The number of nitrogens with zero attached hydrogens (tertiary/aromatic N) is 2. The fraction of sp³-hybridized carbons (Fsp3) is 0.625. The number of thiophene rings is 1. The lowest BCUT2D eigenvalue weighted by molar-refractivity contribution is -0.158. The summed E-state index contributed by atoms with van der Waals surface area (Å²) in [7, 11) is 0. The first-order valence-corrected chi connectivity index (χ1v) is 8.91. The summed E-state index contributed by atoms with van der Waals surface area (Å²) in [5, 5.41) is 9.66. The molecule has 6 heteroatoms. The number of amides is 1. The number of carbonyl (C=O) groups is 1. The van der Waals surface area contributed by atoms with E-state index in [9.17, 15) is 10.1 Å². The average molecular weight is 339 g/mol. The van der Waals surface area contributed by atoms with Crippen LogP contribution < -0.4 is 0 Å². The minimum Gasteiger partial charge on any atom is -0.372 e. The molecule has 3 heterocycles. The maximum Gasteiger partial charge on any atom is 0.228 e. The van der Waals surface area contributed by atoms with Gasteiger partial charge in [-0.1, -0.05) is 11.6 Å². The van der Waals surface area contributed by atoms with Gasteiger partial charge in [0.25, 0.3) is 0 Å². The molecular weight excluding hydrogens is 320 g/mol. The Bertz CT molecular complexity index is 584. The normalized spacial score (nSPS) is 28.5. The van der Waals surface area contributed by atoms with E-state index in [1.165, 1.54) is 11.3 Å². The van der Waals surface area contributed by atoms with Gasteiger partial charge in [0.15, 0.2) is 0 Å². The molecule has 2 fully saturated rings. The molecule has 0 saturated carbocycles. The van der Waals surface area contributed by atoms with Crippen LogP contribution in [0.4, 0.5) is 0 Å². The third-order valence-corrected chi connectivity index (χ3v) is 5.82. The summed E-state index contributed by atoms with van der Waals surface area (Å²) in [4.78, 5) is 15.3. The lowest BCUT2D eigenvalue weighted by Gasteiger charge is -2.48. The lowest BCUT2D eigenvalue weighted by atomic mass is 9.79. The molecule has 2 atom stereocenters. The Balaban J connectivity index is 1.76. The Kier molecular flexibility index (Phi) is 4.72. The van der Waals surface area contributed by atoms with Crippen molar-refractivity contribution >= 4 is 28.8 Å². The highest BCUT2D eigenvalue weighted by Gasteiger charge is 2.48. The van der Waals surface area contributed by atoms with Crippen LogP contribution in [0.5, 0.6) is 0 Å². The van der Waals surface area contributed by atoms with Crippen LogP contribution in [0.3, 0.4) is 0 Å². The maximum atomic E-state index is 12.7. The number of likely N-dealkylation sites (tertiary alicyclic amines) is 1. The van der Waals surface area contributed by atoms with Gasteiger partial charge in [0, 0.05) is 18.0 Å². The number of carbonyl (C=O) groups excluding carboxylic acids is 1. The third kappa shape index (κ3) is 3.01. The summed E-state index contributed by atoms with van der Waals surface area (Å²) >= 11 is 7.34. The van der Waals surface area contributed by atoms with Crippen LogP contribution >= 0.6 is 22.9 Å². The van der Waals surface area contributed by atoms with Gasteiger partial charge in [-0.05, 0) is 44.2 Å². The van der Waals surface area contributed by atoms with Gasteiger partial charge in [0.2, 0.25) is 5.91 Å². The third-order valence-electron chi connectivity index (χ3n) is 4.59. The highest BCUT2D eigenvalue weighted by Crippen LogP contribution is 2.38. The van der Waals surface area contributed by atoms with E-state index in [1.54, 1.807) is 11.0 Å². The van der Waals surface area contributed by atoms with E-state index in [1.807, 2.05) is 6.07 Å². The highest BCUT2D eigenvalue weighted by atomic mass is 35.5. The zero-order valence-electron chi connectivity index (χ0n) is 12.4. The van der Waals surface area contributed by atoms with Crippen LogP contribution in [0.15, 0.2) is 12.1 Å². The number of halogens is 1. The van der Waals surface area contributed by atoms with Gasteiger partial charge in [-0.25, -0.2) is 0 Å². The van der Waals surface area contributed by atoms with Crippen LogP contribution in [0.2, 0.25) is 4.34 Å².